The molecule has 0 spiro atoms. The number of pyridine rings is 1. The third-order valence-electron chi connectivity index (χ3n) is 5.68. The minimum atomic E-state index is -0.122. The molecule has 2 fully saturated rings. The second kappa shape index (κ2) is 8.28. The molecule has 0 N–H and O–H groups in total. The Morgan fingerprint density at radius 3 is 2.31 bits per heavy atom. The van der Waals surface area contributed by atoms with Crippen LogP contribution in [0.3, 0.4) is 0 Å². The van der Waals surface area contributed by atoms with Crippen LogP contribution in [0.4, 0.5) is 4.39 Å². The average molecular weight is 354 g/mol. The number of hydrogen-bond acceptors (Lipinski definition) is 3. The van der Waals surface area contributed by atoms with E-state index in [0.717, 1.165) is 42.6 Å². The summed E-state index contributed by atoms with van der Waals surface area (Å²) in [5.74, 6) is -0.122. The zero-order chi connectivity index (χ0) is 17.8. The van der Waals surface area contributed by atoms with Gasteiger partial charge in [-0.2, -0.15) is 0 Å². The summed E-state index contributed by atoms with van der Waals surface area (Å²) in [7, 11) is 0. The van der Waals surface area contributed by atoms with Gasteiger partial charge in [-0.3, -0.25) is 9.88 Å². The van der Waals surface area contributed by atoms with Gasteiger partial charge in [0.1, 0.15) is 5.82 Å². The SMILES string of the molecule is Fc1cc(-c2ccncc2)ccc1CN1CCC(OC2CCCC2)CC1. The summed E-state index contributed by atoms with van der Waals surface area (Å²) in [5.41, 5.74) is 2.67. The van der Waals surface area contributed by atoms with Crippen molar-refractivity contribution in [2.45, 2.75) is 57.3 Å². The van der Waals surface area contributed by atoms with E-state index in [1.54, 1.807) is 18.5 Å². The molecule has 0 unspecified atom stereocenters. The van der Waals surface area contributed by atoms with Gasteiger partial charge in [0, 0.05) is 37.6 Å². The molecule has 0 radical (unpaired) electrons. The predicted molar refractivity (Wildman–Crippen MR) is 101 cm³/mol. The Hall–Kier alpha value is -1.78. The normalized spacial score (nSPS) is 19.9. The average Bonchev–Trinajstić information content (AvgIpc) is 3.19. The van der Waals surface area contributed by atoms with E-state index in [9.17, 15) is 4.39 Å². The second-order valence-electron chi connectivity index (χ2n) is 7.56. The standard InChI is InChI=1S/C22H27FN2O/c23-22-15-18(17-7-11-24-12-8-17)5-6-19(22)16-25-13-9-21(10-14-25)26-20-3-1-2-4-20/h5-8,11-12,15,20-21H,1-4,9-10,13-14,16H2. The summed E-state index contributed by atoms with van der Waals surface area (Å²) in [6.07, 6.45) is 11.6. The lowest BCUT2D eigenvalue weighted by Gasteiger charge is -2.33. The highest BCUT2D eigenvalue weighted by Gasteiger charge is 2.25. The quantitative estimate of drug-likeness (QED) is 0.770. The fourth-order valence-corrected chi connectivity index (χ4v) is 4.14. The maximum absolute atomic E-state index is 14.6. The molecule has 1 aromatic heterocycles. The molecule has 2 aromatic rings. The lowest BCUT2D eigenvalue weighted by atomic mass is 10.0. The van der Waals surface area contributed by atoms with Crippen LogP contribution in [-0.4, -0.2) is 35.2 Å². The highest BCUT2D eigenvalue weighted by atomic mass is 19.1. The summed E-state index contributed by atoms with van der Waals surface area (Å²) in [5, 5.41) is 0. The van der Waals surface area contributed by atoms with E-state index in [4.69, 9.17) is 4.74 Å². The number of benzene rings is 1. The molecule has 26 heavy (non-hydrogen) atoms. The van der Waals surface area contributed by atoms with Crippen LogP contribution in [0.1, 0.15) is 44.1 Å². The fraction of sp³-hybridized carbons (Fsp3) is 0.500. The highest BCUT2D eigenvalue weighted by Crippen LogP contribution is 2.27. The van der Waals surface area contributed by atoms with E-state index < -0.39 is 0 Å². The highest BCUT2D eigenvalue weighted by molar-refractivity contribution is 5.63. The maximum atomic E-state index is 14.6. The Morgan fingerprint density at radius 1 is 0.923 bits per heavy atom. The van der Waals surface area contributed by atoms with Crippen LogP contribution in [0, 0.1) is 5.82 Å². The molecule has 1 aromatic carbocycles. The molecule has 3 nitrogen and oxygen atoms in total. The number of halogens is 1. The number of aromatic nitrogens is 1. The third-order valence-corrected chi connectivity index (χ3v) is 5.68. The number of rotatable bonds is 5. The van der Waals surface area contributed by atoms with Crippen molar-refractivity contribution in [3.63, 3.8) is 0 Å². The van der Waals surface area contributed by atoms with Crippen molar-refractivity contribution in [2.75, 3.05) is 13.1 Å². The monoisotopic (exact) mass is 354 g/mol. The number of piperidine rings is 1. The molecule has 0 amide bonds. The first kappa shape index (κ1) is 17.6. The van der Waals surface area contributed by atoms with Crippen LogP contribution < -0.4 is 0 Å². The molecule has 2 aliphatic rings. The lowest BCUT2D eigenvalue weighted by molar-refractivity contribution is -0.0400. The summed E-state index contributed by atoms with van der Waals surface area (Å²) in [6.45, 7) is 2.66. The molecule has 1 saturated carbocycles. The molecule has 4 heteroatoms. The molecule has 0 atom stereocenters. The van der Waals surface area contributed by atoms with Crippen LogP contribution in [0.25, 0.3) is 11.1 Å². The van der Waals surface area contributed by atoms with Crippen molar-refractivity contribution in [3.05, 3.63) is 54.1 Å². The summed E-state index contributed by atoms with van der Waals surface area (Å²) in [6, 6.07) is 9.38. The van der Waals surface area contributed by atoms with Crippen molar-refractivity contribution < 1.29 is 9.13 Å². The predicted octanol–water partition coefficient (Wildman–Crippen LogP) is 4.81. The minimum absolute atomic E-state index is 0.122. The maximum Gasteiger partial charge on any atom is 0.128 e. The smallest absolute Gasteiger partial charge is 0.128 e. The number of hydrogen-bond donors (Lipinski definition) is 0. The van der Waals surface area contributed by atoms with Gasteiger partial charge in [-0.15, -0.1) is 0 Å². The van der Waals surface area contributed by atoms with Crippen molar-refractivity contribution in [2.24, 2.45) is 0 Å². The lowest BCUT2D eigenvalue weighted by Crippen LogP contribution is -2.37. The van der Waals surface area contributed by atoms with Gasteiger partial charge in [0.2, 0.25) is 0 Å². The van der Waals surface area contributed by atoms with Crippen LogP contribution >= 0.6 is 0 Å². The second-order valence-corrected chi connectivity index (χ2v) is 7.56. The van der Waals surface area contributed by atoms with E-state index in [1.165, 1.54) is 25.7 Å². The first-order valence-corrected chi connectivity index (χ1v) is 9.84. The molecule has 138 valence electrons. The van der Waals surface area contributed by atoms with Gasteiger partial charge >= 0.3 is 0 Å². The molecule has 0 bridgehead atoms. The summed E-state index contributed by atoms with van der Waals surface area (Å²) >= 11 is 0. The van der Waals surface area contributed by atoms with E-state index in [2.05, 4.69) is 9.88 Å². The molecule has 4 rings (SSSR count). The first-order chi connectivity index (χ1) is 12.8. The van der Waals surface area contributed by atoms with Crippen LogP contribution in [0.5, 0.6) is 0 Å². The van der Waals surface area contributed by atoms with Crippen molar-refractivity contribution in [3.8, 4) is 11.1 Å². The van der Waals surface area contributed by atoms with Crippen molar-refractivity contribution in [1.82, 2.24) is 9.88 Å². The van der Waals surface area contributed by atoms with Crippen LogP contribution in [-0.2, 0) is 11.3 Å². The van der Waals surface area contributed by atoms with Gasteiger partial charge in [0.05, 0.1) is 12.2 Å². The zero-order valence-corrected chi connectivity index (χ0v) is 15.2. The summed E-state index contributed by atoms with van der Waals surface area (Å²) < 4.78 is 20.8. The van der Waals surface area contributed by atoms with Gasteiger partial charge in [0.15, 0.2) is 0 Å². The van der Waals surface area contributed by atoms with E-state index >= 15 is 0 Å². The van der Waals surface area contributed by atoms with E-state index in [-0.39, 0.29) is 5.82 Å². The minimum Gasteiger partial charge on any atom is -0.375 e. The zero-order valence-electron chi connectivity index (χ0n) is 15.2. The van der Waals surface area contributed by atoms with E-state index in [1.807, 2.05) is 24.3 Å². The Balaban J connectivity index is 1.32. The van der Waals surface area contributed by atoms with Crippen LogP contribution in [0.15, 0.2) is 42.7 Å². The Morgan fingerprint density at radius 2 is 1.62 bits per heavy atom. The summed E-state index contributed by atoms with van der Waals surface area (Å²) in [4.78, 5) is 6.36. The Bertz CT molecular complexity index is 707. The Labute approximate surface area is 155 Å². The number of ether oxygens (including phenoxy) is 1. The van der Waals surface area contributed by atoms with Crippen LogP contribution in [0.2, 0.25) is 0 Å². The van der Waals surface area contributed by atoms with Gasteiger partial charge in [-0.25, -0.2) is 4.39 Å². The molecule has 2 heterocycles. The third kappa shape index (κ3) is 4.30. The topological polar surface area (TPSA) is 25.4 Å². The molecule has 1 aliphatic carbocycles. The fourth-order valence-electron chi connectivity index (χ4n) is 4.14. The van der Waals surface area contributed by atoms with Gasteiger partial charge in [0.25, 0.3) is 0 Å². The number of likely N-dealkylation sites (tertiary alicyclic amines) is 1. The molecular weight excluding hydrogens is 327 g/mol. The van der Waals surface area contributed by atoms with E-state index in [0.29, 0.717) is 18.8 Å². The Kier molecular flexibility index (Phi) is 5.61. The number of nitrogens with zero attached hydrogens (tertiary/aromatic N) is 2. The first-order valence-electron chi connectivity index (χ1n) is 9.84. The molecular formula is C22H27FN2O. The molecule has 1 saturated heterocycles. The van der Waals surface area contributed by atoms with Gasteiger partial charge in [-0.05, 0) is 55.0 Å². The van der Waals surface area contributed by atoms with Gasteiger partial charge in [-0.1, -0.05) is 25.0 Å². The largest absolute Gasteiger partial charge is 0.375 e. The van der Waals surface area contributed by atoms with Gasteiger partial charge < -0.3 is 4.74 Å². The molecule has 1 aliphatic heterocycles. The van der Waals surface area contributed by atoms with Crippen molar-refractivity contribution in [1.29, 1.82) is 0 Å². The van der Waals surface area contributed by atoms with Crippen molar-refractivity contribution >= 4 is 0 Å².